The summed E-state index contributed by atoms with van der Waals surface area (Å²) in [5, 5.41) is 0.0643. The van der Waals surface area contributed by atoms with Crippen LogP contribution in [0.1, 0.15) is 30.7 Å². The van der Waals surface area contributed by atoms with Crippen molar-refractivity contribution >= 4 is 11.6 Å². The molecule has 2 nitrogen and oxygen atoms in total. The van der Waals surface area contributed by atoms with Gasteiger partial charge in [-0.3, -0.25) is 0 Å². The first-order valence-corrected chi connectivity index (χ1v) is 6.40. The summed E-state index contributed by atoms with van der Waals surface area (Å²) in [6.07, 6.45) is 4.92. The summed E-state index contributed by atoms with van der Waals surface area (Å²) in [5.74, 6) is 0.230. The molecule has 2 aromatic rings. The first kappa shape index (κ1) is 11.6. The fraction of sp³-hybridized carbons (Fsp3) is 0.286. The molecular weight excluding hydrogens is 251 g/mol. The van der Waals surface area contributed by atoms with Crippen LogP contribution in [0.2, 0.25) is 5.28 Å². The lowest BCUT2D eigenvalue weighted by atomic mass is 9.80. The number of benzene rings is 1. The van der Waals surface area contributed by atoms with Crippen molar-refractivity contribution in [3.63, 3.8) is 0 Å². The second kappa shape index (κ2) is 4.65. The minimum absolute atomic E-state index is 0.0643. The summed E-state index contributed by atoms with van der Waals surface area (Å²) in [5.41, 5.74) is 2.32. The molecule has 18 heavy (non-hydrogen) atoms. The van der Waals surface area contributed by atoms with Gasteiger partial charge in [0.1, 0.15) is 5.69 Å². The second-order valence-corrected chi connectivity index (χ2v) is 4.92. The first-order chi connectivity index (χ1) is 8.74. The molecule has 1 aromatic carbocycles. The summed E-state index contributed by atoms with van der Waals surface area (Å²) >= 11 is 5.69. The largest absolute Gasteiger partial charge is 0.223 e. The summed E-state index contributed by atoms with van der Waals surface area (Å²) in [6, 6.07) is 7.90. The molecule has 0 radical (unpaired) electrons. The predicted molar refractivity (Wildman–Crippen MR) is 69.0 cm³/mol. The summed E-state index contributed by atoms with van der Waals surface area (Å²) < 4.78 is 13.6. The van der Waals surface area contributed by atoms with Crippen LogP contribution >= 0.6 is 11.6 Å². The van der Waals surface area contributed by atoms with Gasteiger partial charge in [0, 0.05) is 5.56 Å². The molecule has 0 N–H and O–H groups in total. The van der Waals surface area contributed by atoms with E-state index in [1.54, 1.807) is 0 Å². The van der Waals surface area contributed by atoms with Crippen LogP contribution < -0.4 is 0 Å². The monoisotopic (exact) mass is 262 g/mol. The second-order valence-electron chi connectivity index (χ2n) is 4.59. The summed E-state index contributed by atoms with van der Waals surface area (Å²) in [6.45, 7) is 0. The van der Waals surface area contributed by atoms with Gasteiger partial charge in [0.15, 0.2) is 5.82 Å². The number of rotatable bonds is 2. The number of nitrogens with zero attached hydrogens (tertiary/aromatic N) is 2. The Morgan fingerprint density at radius 3 is 2.50 bits per heavy atom. The molecule has 0 bridgehead atoms. The van der Waals surface area contributed by atoms with Crippen LogP contribution in [-0.2, 0) is 0 Å². The Balaban J connectivity index is 1.94. The molecule has 1 fully saturated rings. The van der Waals surface area contributed by atoms with Crippen LogP contribution in [0.15, 0.2) is 30.5 Å². The van der Waals surface area contributed by atoms with E-state index in [1.165, 1.54) is 24.8 Å². The van der Waals surface area contributed by atoms with Crippen molar-refractivity contribution in [1.82, 2.24) is 9.97 Å². The van der Waals surface area contributed by atoms with E-state index < -0.39 is 5.82 Å². The van der Waals surface area contributed by atoms with Gasteiger partial charge in [-0.15, -0.1) is 0 Å². The van der Waals surface area contributed by atoms with Gasteiger partial charge in [-0.2, -0.15) is 0 Å². The maximum Gasteiger partial charge on any atom is 0.223 e. The lowest BCUT2D eigenvalue weighted by Gasteiger charge is -2.25. The highest BCUT2D eigenvalue weighted by Crippen LogP contribution is 2.36. The number of hydrogen-bond donors (Lipinski definition) is 0. The molecule has 1 saturated carbocycles. The van der Waals surface area contributed by atoms with Crippen molar-refractivity contribution in [1.29, 1.82) is 0 Å². The Morgan fingerprint density at radius 2 is 1.89 bits per heavy atom. The van der Waals surface area contributed by atoms with E-state index in [-0.39, 0.29) is 11.0 Å². The topological polar surface area (TPSA) is 25.8 Å². The molecular formula is C14H12ClFN2. The highest BCUT2D eigenvalue weighted by molar-refractivity contribution is 6.28. The normalized spacial score (nSPS) is 15.4. The molecule has 0 spiro atoms. The standard InChI is InChI=1S/C14H12ClFN2/c15-14-17-8-12(16)13(18-14)11-6-4-10(5-7-11)9-2-1-3-9/h4-9H,1-3H2. The van der Waals surface area contributed by atoms with Gasteiger partial charge < -0.3 is 0 Å². The van der Waals surface area contributed by atoms with Gasteiger partial charge in [-0.1, -0.05) is 30.7 Å². The maximum absolute atomic E-state index is 13.6. The van der Waals surface area contributed by atoms with E-state index in [4.69, 9.17) is 11.6 Å². The van der Waals surface area contributed by atoms with Crippen LogP contribution in [-0.4, -0.2) is 9.97 Å². The van der Waals surface area contributed by atoms with E-state index in [1.807, 2.05) is 12.1 Å². The molecule has 0 atom stereocenters. The molecule has 92 valence electrons. The zero-order chi connectivity index (χ0) is 12.5. The van der Waals surface area contributed by atoms with Crippen molar-refractivity contribution in [2.45, 2.75) is 25.2 Å². The number of halogens is 2. The Kier molecular flexibility index (Phi) is 3.00. The number of aromatic nitrogens is 2. The minimum atomic E-state index is -0.448. The predicted octanol–water partition coefficient (Wildman–Crippen LogP) is 4.20. The fourth-order valence-electron chi connectivity index (χ4n) is 2.20. The molecule has 1 heterocycles. The van der Waals surface area contributed by atoms with Crippen LogP contribution in [0.4, 0.5) is 4.39 Å². The van der Waals surface area contributed by atoms with Crippen molar-refractivity contribution in [2.24, 2.45) is 0 Å². The minimum Gasteiger partial charge on any atom is -0.223 e. The lowest BCUT2D eigenvalue weighted by Crippen LogP contribution is -2.08. The molecule has 1 aromatic heterocycles. The lowest BCUT2D eigenvalue weighted by molar-refractivity contribution is 0.420. The third kappa shape index (κ3) is 2.10. The fourth-order valence-corrected chi connectivity index (χ4v) is 2.34. The summed E-state index contributed by atoms with van der Waals surface area (Å²) in [4.78, 5) is 7.54. The van der Waals surface area contributed by atoms with Crippen LogP contribution in [0.3, 0.4) is 0 Å². The van der Waals surface area contributed by atoms with Crippen molar-refractivity contribution in [3.05, 3.63) is 47.1 Å². The van der Waals surface area contributed by atoms with E-state index in [0.717, 1.165) is 11.8 Å². The molecule has 0 saturated heterocycles. The zero-order valence-electron chi connectivity index (χ0n) is 9.74. The smallest absolute Gasteiger partial charge is 0.223 e. The third-order valence-corrected chi connectivity index (χ3v) is 3.66. The van der Waals surface area contributed by atoms with Crippen LogP contribution in [0, 0.1) is 5.82 Å². The Bertz CT molecular complexity index is 565. The van der Waals surface area contributed by atoms with Crippen LogP contribution in [0.25, 0.3) is 11.3 Å². The average molecular weight is 263 g/mol. The maximum atomic E-state index is 13.6. The van der Waals surface area contributed by atoms with Gasteiger partial charge in [0.2, 0.25) is 5.28 Å². The van der Waals surface area contributed by atoms with Crippen molar-refractivity contribution in [3.8, 4) is 11.3 Å². The SMILES string of the molecule is Fc1cnc(Cl)nc1-c1ccc(C2CCC2)cc1. The van der Waals surface area contributed by atoms with Crippen molar-refractivity contribution in [2.75, 3.05) is 0 Å². The molecule has 0 unspecified atom stereocenters. The molecule has 0 amide bonds. The van der Waals surface area contributed by atoms with Gasteiger partial charge >= 0.3 is 0 Å². The first-order valence-electron chi connectivity index (χ1n) is 6.02. The van der Waals surface area contributed by atoms with Gasteiger partial charge in [0.25, 0.3) is 0 Å². The van der Waals surface area contributed by atoms with E-state index in [0.29, 0.717) is 5.92 Å². The Hall–Kier alpha value is -1.48. The third-order valence-electron chi connectivity index (χ3n) is 3.48. The number of hydrogen-bond acceptors (Lipinski definition) is 2. The molecule has 3 rings (SSSR count). The van der Waals surface area contributed by atoms with Gasteiger partial charge in [-0.25, -0.2) is 14.4 Å². The Morgan fingerprint density at radius 1 is 1.17 bits per heavy atom. The van der Waals surface area contributed by atoms with E-state index >= 15 is 0 Å². The molecule has 0 aliphatic heterocycles. The molecule has 1 aliphatic rings. The summed E-state index contributed by atoms with van der Waals surface area (Å²) in [7, 11) is 0. The van der Waals surface area contributed by atoms with Crippen molar-refractivity contribution < 1.29 is 4.39 Å². The zero-order valence-corrected chi connectivity index (χ0v) is 10.5. The highest BCUT2D eigenvalue weighted by atomic mass is 35.5. The quantitative estimate of drug-likeness (QED) is 0.758. The van der Waals surface area contributed by atoms with Crippen LogP contribution in [0.5, 0.6) is 0 Å². The molecule has 1 aliphatic carbocycles. The average Bonchev–Trinajstić information content (AvgIpc) is 2.31. The van der Waals surface area contributed by atoms with Gasteiger partial charge in [0.05, 0.1) is 6.20 Å². The molecule has 4 heteroatoms. The van der Waals surface area contributed by atoms with E-state index in [2.05, 4.69) is 22.1 Å². The van der Waals surface area contributed by atoms with Gasteiger partial charge in [-0.05, 0) is 35.9 Å². The Labute approximate surface area is 110 Å². The highest BCUT2D eigenvalue weighted by Gasteiger charge is 2.19. The van der Waals surface area contributed by atoms with E-state index in [9.17, 15) is 4.39 Å².